The van der Waals surface area contributed by atoms with E-state index in [0.717, 1.165) is 11.4 Å². The molecule has 86 valence electrons. The highest BCUT2D eigenvalue weighted by molar-refractivity contribution is 5.85. The molecule has 0 bridgehead atoms. The van der Waals surface area contributed by atoms with Gasteiger partial charge in [0.15, 0.2) is 0 Å². The molecule has 1 aromatic carbocycles. The lowest BCUT2D eigenvalue weighted by Crippen LogP contribution is -2.15. The van der Waals surface area contributed by atoms with Crippen molar-refractivity contribution < 1.29 is 5.11 Å². The van der Waals surface area contributed by atoms with Crippen molar-refractivity contribution in [1.29, 1.82) is 0 Å². The topological polar surface area (TPSA) is 38.0 Å². The van der Waals surface area contributed by atoms with Crippen LogP contribution >= 0.6 is 12.4 Å². The monoisotopic (exact) mass is 238 g/mol. The van der Waals surface area contributed by atoms with Crippen LogP contribution in [-0.2, 0) is 0 Å². The minimum absolute atomic E-state index is 0. The van der Waals surface area contributed by atoms with E-state index in [4.69, 9.17) is 0 Å². The van der Waals surface area contributed by atoms with Crippen molar-refractivity contribution in [2.24, 2.45) is 0 Å². The predicted octanol–water partition coefficient (Wildman–Crippen LogP) is 2.20. The van der Waals surface area contributed by atoms with Gasteiger partial charge in [-0.15, -0.1) is 12.4 Å². The summed E-state index contributed by atoms with van der Waals surface area (Å²) in [6.45, 7) is 2.02. The molecule has 0 amide bonds. The Kier molecular flexibility index (Phi) is 4.52. The fourth-order valence-electron chi connectivity index (χ4n) is 1.75. The maximum atomic E-state index is 9.43. The molecule has 0 aliphatic carbocycles. The summed E-state index contributed by atoms with van der Waals surface area (Å²) in [5.74, 6) is 0.915. The smallest absolute Gasteiger partial charge is 0.106 e. The molecule has 3 nitrogen and oxygen atoms in total. The van der Waals surface area contributed by atoms with Crippen molar-refractivity contribution in [3.05, 3.63) is 54.1 Å². The van der Waals surface area contributed by atoms with Crippen molar-refractivity contribution in [2.45, 2.75) is 13.0 Å². The molecule has 1 N–H and O–H groups in total. The first-order chi connectivity index (χ1) is 7.33. The molecule has 0 radical (unpaired) electrons. The van der Waals surface area contributed by atoms with Crippen LogP contribution in [0.1, 0.15) is 17.4 Å². The van der Waals surface area contributed by atoms with Crippen LogP contribution in [0.15, 0.2) is 42.7 Å². The largest absolute Gasteiger partial charge is 0.394 e. The molecule has 2 aromatic rings. The summed E-state index contributed by atoms with van der Waals surface area (Å²) >= 11 is 0. The second-order valence-electron chi connectivity index (χ2n) is 3.49. The van der Waals surface area contributed by atoms with Gasteiger partial charge in [0, 0.05) is 12.4 Å². The van der Waals surface area contributed by atoms with Gasteiger partial charge in [0.25, 0.3) is 0 Å². The lowest BCUT2D eigenvalue weighted by Gasteiger charge is -2.17. The lowest BCUT2D eigenvalue weighted by atomic mass is 10.1. The summed E-state index contributed by atoms with van der Waals surface area (Å²) in [5, 5.41) is 9.43. The number of benzene rings is 1. The molecular formula is C12H15ClN2O. The molecule has 0 fully saturated rings. The number of aryl methyl sites for hydroxylation is 1. The third-order valence-corrected chi connectivity index (χ3v) is 2.56. The summed E-state index contributed by atoms with van der Waals surface area (Å²) in [6.07, 6.45) is 3.64. The van der Waals surface area contributed by atoms with Crippen LogP contribution < -0.4 is 0 Å². The van der Waals surface area contributed by atoms with Crippen LogP contribution in [0.2, 0.25) is 0 Å². The molecule has 0 aliphatic rings. The number of aromatic nitrogens is 2. The molecule has 0 aliphatic heterocycles. The van der Waals surface area contributed by atoms with Crippen LogP contribution in [0.5, 0.6) is 0 Å². The average molecular weight is 239 g/mol. The van der Waals surface area contributed by atoms with Gasteiger partial charge >= 0.3 is 0 Å². The van der Waals surface area contributed by atoms with Gasteiger partial charge in [-0.05, 0) is 12.5 Å². The Hall–Kier alpha value is -1.32. The van der Waals surface area contributed by atoms with Gasteiger partial charge in [0.05, 0.1) is 12.6 Å². The first-order valence-corrected chi connectivity index (χ1v) is 4.98. The van der Waals surface area contributed by atoms with Crippen LogP contribution in [0.3, 0.4) is 0 Å². The van der Waals surface area contributed by atoms with Crippen LogP contribution in [-0.4, -0.2) is 21.3 Å². The quantitative estimate of drug-likeness (QED) is 0.890. The Labute approximate surface area is 101 Å². The van der Waals surface area contributed by atoms with Gasteiger partial charge in [-0.1, -0.05) is 30.3 Å². The van der Waals surface area contributed by atoms with Crippen LogP contribution in [0, 0.1) is 6.92 Å². The van der Waals surface area contributed by atoms with Crippen molar-refractivity contribution in [1.82, 2.24) is 9.55 Å². The zero-order chi connectivity index (χ0) is 10.7. The Morgan fingerprint density at radius 3 is 2.50 bits per heavy atom. The summed E-state index contributed by atoms with van der Waals surface area (Å²) in [7, 11) is 0. The number of aliphatic hydroxyl groups excluding tert-OH is 1. The molecule has 0 saturated heterocycles. The number of hydrogen-bond acceptors (Lipinski definition) is 2. The van der Waals surface area contributed by atoms with Gasteiger partial charge < -0.3 is 9.67 Å². The number of halogens is 1. The highest BCUT2D eigenvalue weighted by Gasteiger charge is 2.13. The molecule has 4 heteroatoms. The number of nitrogens with zero attached hydrogens (tertiary/aromatic N) is 2. The molecule has 1 atom stereocenters. The lowest BCUT2D eigenvalue weighted by molar-refractivity contribution is 0.248. The second kappa shape index (κ2) is 5.68. The van der Waals surface area contributed by atoms with Crippen molar-refractivity contribution in [3.63, 3.8) is 0 Å². The highest BCUT2D eigenvalue weighted by atomic mass is 35.5. The highest BCUT2D eigenvalue weighted by Crippen LogP contribution is 2.18. The Morgan fingerprint density at radius 1 is 1.31 bits per heavy atom. The van der Waals surface area contributed by atoms with Gasteiger partial charge in [0.1, 0.15) is 5.82 Å². The summed E-state index contributed by atoms with van der Waals surface area (Å²) in [5.41, 5.74) is 1.10. The van der Waals surface area contributed by atoms with Gasteiger partial charge in [-0.3, -0.25) is 0 Å². The summed E-state index contributed by atoms with van der Waals surface area (Å²) < 4.78 is 1.98. The molecular weight excluding hydrogens is 224 g/mol. The average Bonchev–Trinajstić information content (AvgIpc) is 2.68. The van der Waals surface area contributed by atoms with E-state index in [2.05, 4.69) is 4.98 Å². The van der Waals surface area contributed by atoms with Gasteiger partial charge in [-0.2, -0.15) is 0 Å². The van der Waals surface area contributed by atoms with E-state index < -0.39 is 0 Å². The molecule has 0 spiro atoms. The zero-order valence-corrected chi connectivity index (χ0v) is 9.89. The Bertz CT molecular complexity index is 428. The van der Waals surface area contributed by atoms with Crippen molar-refractivity contribution in [2.75, 3.05) is 6.61 Å². The molecule has 1 unspecified atom stereocenters. The van der Waals surface area contributed by atoms with Gasteiger partial charge in [-0.25, -0.2) is 4.98 Å². The second-order valence-corrected chi connectivity index (χ2v) is 3.49. The Balaban J connectivity index is 0.00000128. The zero-order valence-electron chi connectivity index (χ0n) is 9.08. The first kappa shape index (κ1) is 12.7. The minimum Gasteiger partial charge on any atom is -0.394 e. The van der Waals surface area contributed by atoms with E-state index in [1.165, 1.54) is 0 Å². The van der Waals surface area contributed by atoms with Crippen molar-refractivity contribution >= 4 is 12.4 Å². The van der Waals surface area contributed by atoms with Gasteiger partial charge in [0.2, 0.25) is 0 Å². The standard InChI is InChI=1S/C12H14N2O.ClH/c1-10-13-7-8-14(10)12(9-15)11-5-3-2-4-6-11;/h2-8,12,15H,9H2,1H3;1H. The summed E-state index contributed by atoms with van der Waals surface area (Å²) in [4.78, 5) is 4.16. The van der Waals surface area contributed by atoms with E-state index >= 15 is 0 Å². The SMILES string of the molecule is Cc1nccn1C(CO)c1ccccc1.Cl. The maximum Gasteiger partial charge on any atom is 0.106 e. The summed E-state index contributed by atoms with van der Waals surface area (Å²) in [6, 6.07) is 9.92. The normalized spacial score (nSPS) is 11.9. The van der Waals surface area contributed by atoms with Crippen LogP contribution in [0.4, 0.5) is 0 Å². The predicted molar refractivity (Wildman–Crippen MR) is 65.9 cm³/mol. The van der Waals surface area contributed by atoms with E-state index in [1.807, 2.05) is 48.0 Å². The molecule has 2 rings (SSSR count). The van der Waals surface area contributed by atoms with E-state index in [0.29, 0.717) is 0 Å². The maximum absolute atomic E-state index is 9.43. The first-order valence-electron chi connectivity index (χ1n) is 4.98. The van der Waals surface area contributed by atoms with E-state index in [9.17, 15) is 5.11 Å². The fourth-order valence-corrected chi connectivity index (χ4v) is 1.75. The van der Waals surface area contributed by atoms with Crippen LogP contribution in [0.25, 0.3) is 0 Å². The van der Waals surface area contributed by atoms with Crippen molar-refractivity contribution in [3.8, 4) is 0 Å². The molecule has 1 heterocycles. The minimum atomic E-state index is -0.0336. The molecule has 0 saturated carbocycles. The Morgan fingerprint density at radius 2 is 2.00 bits per heavy atom. The third-order valence-electron chi connectivity index (χ3n) is 2.56. The number of imidazole rings is 1. The van der Waals surface area contributed by atoms with E-state index in [-0.39, 0.29) is 25.1 Å². The number of rotatable bonds is 3. The third kappa shape index (κ3) is 2.43. The molecule has 1 aromatic heterocycles. The number of hydrogen-bond donors (Lipinski definition) is 1. The molecule has 16 heavy (non-hydrogen) atoms. The number of aliphatic hydroxyl groups is 1. The van der Waals surface area contributed by atoms with E-state index in [1.54, 1.807) is 6.20 Å². The fraction of sp³-hybridized carbons (Fsp3) is 0.250.